The number of Topliss-reactive ketones (excluding diaryl/α,β-unsaturated/α-hetero) is 1. The van der Waals surface area contributed by atoms with Gasteiger partial charge in [0, 0.05) is 116 Å². The molecular weight excluding hydrogens is 991 g/mol. The maximum Gasteiger partial charge on any atom is 0.317 e. The molecule has 0 aliphatic carbocycles. The SMILES string of the molecule is CC.Cc1ccc(CN(CCCC[C@H](NC(=O)N[C@H](C)CCC(=O)O)OC=O)C(=O)CNC(=O)c2cccc(C(=O)NCCCC(=O)CN3CCN(CC(=O)O)CCN(CC(=O)O)CCN(CC(=O)O)CC3)c2)cc1.[CH3+]. The van der Waals surface area contributed by atoms with Crippen LogP contribution in [-0.4, -0.2) is 215 Å². The summed E-state index contributed by atoms with van der Waals surface area (Å²) in [5, 5.41) is 47.8. The van der Waals surface area contributed by atoms with Crippen LogP contribution < -0.4 is 21.3 Å². The normalized spacial score (nSPS) is 14.5. The number of nitrogens with one attached hydrogen (secondary N) is 4. The predicted molar refractivity (Wildman–Crippen MR) is 281 cm³/mol. The fourth-order valence-corrected chi connectivity index (χ4v) is 7.78. The number of benzene rings is 2. The third-order valence-electron chi connectivity index (χ3n) is 11.8. The van der Waals surface area contributed by atoms with E-state index in [1.807, 2.05) is 49.9 Å². The van der Waals surface area contributed by atoms with E-state index in [9.17, 15) is 63.3 Å². The second-order valence-corrected chi connectivity index (χ2v) is 17.9. The first kappa shape index (κ1) is 66.9. The number of aryl methyl sites for hydroxylation is 1. The van der Waals surface area contributed by atoms with Crippen LogP contribution >= 0.6 is 0 Å². The first-order valence-corrected chi connectivity index (χ1v) is 25.2. The van der Waals surface area contributed by atoms with Crippen LogP contribution in [0.25, 0.3) is 0 Å². The number of carbonyl (C=O) groups is 10. The number of amides is 5. The number of ketones is 1. The number of ether oxygens (including phenoxy) is 1. The Morgan fingerprint density at radius 1 is 0.645 bits per heavy atom. The van der Waals surface area contributed by atoms with Gasteiger partial charge in [-0.3, -0.25) is 62.8 Å². The average Bonchev–Trinajstić information content (AvgIpc) is 3.36. The van der Waals surface area contributed by atoms with Gasteiger partial charge in [-0.25, -0.2) is 4.79 Å². The summed E-state index contributed by atoms with van der Waals surface area (Å²) in [6.07, 6.45) is 0.566. The van der Waals surface area contributed by atoms with Gasteiger partial charge in [-0.15, -0.1) is 0 Å². The standard InChI is InChI=1S/C49H71N9O15.C2H6.CH3/c1-35-11-14-37(15-12-35)29-58(18-4-3-10-41(73-34-59)53-49(72)52-36(2)13-16-43(62)63)42(61)28-51-48(71)39-8-5-7-38(27-39)47(70)50-17-6-9-40(60)30-54-19-21-55(31-44(64)65)23-25-57(33-46(68)69)26-24-56(22-20-54)32-45(66)67;1-2;/h5,7-8,11-12,14-15,27,34,36,41H,3-4,6,9-10,13,16-26,28-33H2,1-2H3,(H,50,70)(H,51,71)(H,62,63)(H,64,65)(H,66,67)(H,68,69)(H2,52,53,72);1-2H3;1H3/q;;+1/t36-,41-;;/m1../s1. The lowest BCUT2D eigenvalue weighted by atomic mass is 10.1. The van der Waals surface area contributed by atoms with Crippen LogP contribution in [0.1, 0.15) is 97.6 Å². The Balaban J connectivity index is 0.00000951. The summed E-state index contributed by atoms with van der Waals surface area (Å²) in [5.74, 6) is -5.80. The molecule has 5 amide bonds. The number of unbranched alkanes of at least 4 members (excludes halogenated alkanes) is 1. The number of rotatable bonds is 30. The number of aliphatic carboxylic acids is 4. The van der Waals surface area contributed by atoms with Gasteiger partial charge in [-0.05, 0) is 63.3 Å². The first-order chi connectivity index (χ1) is 35.8. The Bertz CT molecular complexity index is 2130. The summed E-state index contributed by atoms with van der Waals surface area (Å²) in [4.78, 5) is 131. The van der Waals surface area contributed by atoms with Gasteiger partial charge >= 0.3 is 29.9 Å². The second-order valence-electron chi connectivity index (χ2n) is 17.9. The van der Waals surface area contributed by atoms with E-state index >= 15 is 0 Å². The molecule has 0 aromatic heterocycles. The lowest BCUT2D eigenvalue weighted by Gasteiger charge is -2.32. The van der Waals surface area contributed by atoms with Gasteiger partial charge in [0.25, 0.3) is 18.3 Å². The largest absolute Gasteiger partial charge is 0.481 e. The molecule has 1 aliphatic heterocycles. The third-order valence-corrected chi connectivity index (χ3v) is 11.8. The summed E-state index contributed by atoms with van der Waals surface area (Å²) in [6, 6.07) is 12.4. The highest BCUT2D eigenvalue weighted by atomic mass is 16.5. The molecule has 24 nitrogen and oxygen atoms in total. The van der Waals surface area contributed by atoms with Crippen molar-refractivity contribution in [2.45, 2.75) is 91.5 Å². The third kappa shape index (κ3) is 29.1. The average molecular weight is 1070 g/mol. The molecule has 1 fully saturated rings. The predicted octanol–water partition coefficient (Wildman–Crippen LogP) is 2.01. The van der Waals surface area contributed by atoms with E-state index in [1.165, 1.54) is 24.3 Å². The van der Waals surface area contributed by atoms with Crippen molar-refractivity contribution < 1.29 is 73.1 Å². The Morgan fingerprint density at radius 3 is 1.63 bits per heavy atom. The monoisotopic (exact) mass is 1070 g/mol. The Kier molecular flexibility index (Phi) is 33.0. The Labute approximate surface area is 445 Å². The van der Waals surface area contributed by atoms with E-state index in [0.29, 0.717) is 25.9 Å². The van der Waals surface area contributed by atoms with E-state index in [4.69, 9.17) is 9.84 Å². The van der Waals surface area contributed by atoms with Gasteiger partial charge in [-0.1, -0.05) is 49.7 Å². The summed E-state index contributed by atoms with van der Waals surface area (Å²) >= 11 is 0. The van der Waals surface area contributed by atoms with Crippen LogP contribution in [0, 0.1) is 14.4 Å². The smallest absolute Gasteiger partial charge is 0.317 e. The molecule has 0 bridgehead atoms. The molecule has 2 atom stereocenters. The molecule has 3 rings (SSSR count). The van der Waals surface area contributed by atoms with Crippen molar-refractivity contribution in [3.05, 3.63) is 78.2 Å². The van der Waals surface area contributed by atoms with Gasteiger partial charge in [0.05, 0.1) is 32.7 Å². The van der Waals surface area contributed by atoms with Crippen molar-refractivity contribution >= 4 is 59.9 Å². The van der Waals surface area contributed by atoms with Crippen LogP contribution in [0.4, 0.5) is 4.79 Å². The molecular formula is C52H80N9O15+. The van der Waals surface area contributed by atoms with Crippen molar-refractivity contribution in [3.63, 3.8) is 0 Å². The molecule has 2 aromatic carbocycles. The molecule has 422 valence electrons. The van der Waals surface area contributed by atoms with E-state index in [1.54, 1.807) is 26.5 Å². The van der Waals surface area contributed by atoms with Crippen molar-refractivity contribution in [2.24, 2.45) is 0 Å². The van der Waals surface area contributed by atoms with Crippen LogP contribution in [0.2, 0.25) is 0 Å². The van der Waals surface area contributed by atoms with Crippen LogP contribution in [0.15, 0.2) is 48.5 Å². The number of hydrogen-bond acceptors (Lipinski definition) is 15. The van der Waals surface area contributed by atoms with Crippen LogP contribution in [0.3, 0.4) is 0 Å². The molecule has 0 spiro atoms. The van der Waals surface area contributed by atoms with Crippen molar-refractivity contribution in [1.82, 2.24) is 45.8 Å². The summed E-state index contributed by atoms with van der Waals surface area (Å²) in [7, 11) is 0. The molecule has 0 unspecified atom stereocenters. The van der Waals surface area contributed by atoms with Gasteiger partial charge in [0.15, 0.2) is 6.23 Å². The van der Waals surface area contributed by atoms with E-state index in [2.05, 4.69) is 21.3 Å². The zero-order chi connectivity index (χ0) is 55.7. The quantitative estimate of drug-likeness (QED) is 0.0240. The fraction of sp³-hybridized carbons (Fsp3) is 0.558. The summed E-state index contributed by atoms with van der Waals surface area (Å²) in [6.45, 7) is 9.31. The summed E-state index contributed by atoms with van der Waals surface area (Å²) < 4.78 is 5.04. The van der Waals surface area contributed by atoms with Gasteiger partial charge in [0.2, 0.25) is 5.91 Å². The van der Waals surface area contributed by atoms with E-state index in [0.717, 1.165) is 11.1 Å². The molecule has 1 aliphatic rings. The van der Waals surface area contributed by atoms with Crippen molar-refractivity contribution in [1.29, 1.82) is 0 Å². The van der Waals surface area contributed by atoms with Crippen LogP contribution in [0.5, 0.6) is 0 Å². The lowest BCUT2D eigenvalue weighted by molar-refractivity contribution is -0.140. The second kappa shape index (κ2) is 37.6. The zero-order valence-electron chi connectivity index (χ0n) is 44.6. The molecule has 24 heteroatoms. The highest BCUT2D eigenvalue weighted by Crippen LogP contribution is 2.12. The number of carboxylic acids is 4. The number of carboxylic acid groups (broad SMARTS) is 4. The molecule has 0 saturated carbocycles. The number of nitrogens with zero attached hydrogens (tertiary/aromatic N) is 5. The molecule has 0 radical (unpaired) electrons. The molecule has 1 saturated heterocycles. The van der Waals surface area contributed by atoms with Gasteiger partial charge in [0.1, 0.15) is 5.78 Å². The Hall–Kier alpha value is -7.15. The number of carbonyl (C=O) groups excluding carboxylic acids is 6. The minimum absolute atomic E-state index is 0. The molecule has 1 heterocycles. The number of hydrogen-bond donors (Lipinski definition) is 8. The van der Waals surface area contributed by atoms with Crippen molar-refractivity contribution in [2.75, 3.05) is 98.2 Å². The number of urea groups is 1. The zero-order valence-corrected chi connectivity index (χ0v) is 44.6. The highest BCUT2D eigenvalue weighted by Gasteiger charge is 2.23. The van der Waals surface area contributed by atoms with E-state index in [-0.39, 0.29) is 160 Å². The minimum Gasteiger partial charge on any atom is -0.481 e. The van der Waals surface area contributed by atoms with E-state index < -0.39 is 54.0 Å². The molecule has 8 N–H and O–H groups in total. The lowest BCUT2D eigenvalue weighted by Crippen LogP contribution is -2.49. The fourth-order valence-electron chi connectivity index (χ4n) is 7.78. The van der Waals surface area contributed by atoms with Crippen molar-refractivity contribution in [3.8, 4) is 0 Å². The molecule has 2 aromatic rings. The highest BCUT2D eigenvalue weighted by molar-refractivity contribution is 6.00. The Morgan fingerprint density at radius 2 is 1.14 bits per heavy atom. The first-order valence-electron chi connectivity index (χ1n) is 25.2. The van der Waals surface area contributed by atoms with Gasteiger partial charge < -0.3 is 51.3 Å². The minimum atomic E-state index is -1.06. The maximum absolute atomic E-state index is 13.6. The molecule has 76 heavy (non-hydrogen) atoms. The topological polar surface area (TPSA) is 325 Å². The summed E-state index contributed by atoms with van der Waals surface area (Å²) in [5.41, 5.74) is 2.18. The van der Waals surface area contributed by atoms with Gasteiger partial charge in [-0.2, -0.15) is 0 Å². The van der Waals surface area contributed by atoms with Crippen LogP contribution in [-0.2, 0) is 44.8 Å². The maximum atomic E-state index is 13.6.